The number of hydrogen-bond acceptors (Lipinski definition) is 4. The Hall–Kier alpha value is -0.820. The van der Waals surface area contributed by atoms with Crippen molar-refractivity contribution in [1.29, 1.82) is 0 Å². The lowest BCUT2D eigenvalue weighted by Crippen LogP contribution is -2.33. The largest absolute Gasteiger partial charge is 0.397 e. The summed E-state index contributed by atoms with van der Waals surface area (Å²) in [5.74, 6) is 0.225. The molecule has 100 valence electrons. The van der Waals surface area contributed by atoms with Gasteiger partial charge in [0.2, 0.25) is 10.0 Å². The topological polar surface area (TPSA) is 92.4 Å². The molecule has 5 nitrogen and oxygen atoms in total. The van der Waals surface area contributed by atoms with Crippen molar-refractivity contribution in [2.75, 3.05) is 12.3 Å². The molecule has 0 bridgehead atoms. The number of aliphatic hydroxyl groups excluding tert-OH is 1. The predicted molar refractivity (Wildman–Crippen MR) is 69.8 cm³/mol. The number of halogens is 1. The normalized spacial score (nSPS) is 17.7. The molecule has 18 heavy (non-hydrogen) atoms. The van der Waals surface area contributed by atoms with Crippen LogP contribution in [0.4, 0.5) is 5.69 Å². The second kappa shape index (κ2) is 5.05. The molecule has 1 aliphatic carbocycles. The number of anilines is 1. The summed E-state index contributed by atoms with van der Waals surface area (Å²) in [6.45, 7) is 0.0233. The summed E-state index contributed by atoms with van der Waals surface area (Å²) < 4.78 is 26.2. The second-order valence-corrected chi connectivity index (χ2v) is 6.61. The summed E-state index contributed by atoms with van der Waals surface area (Å²) >= 11 is 5.73. The van der Waals surface area contributed by atoms with Gasteiger partial charge >= 0.3 is 0 Å². The summed E-state index contributed by atoms with van der Waals surface area (Å²) in [6, 6.07) is 4.11. The van der Waals surface area contributed by atoms with Crippen LogP contribution in [0, 0.1) is 5.92 Å². The number of nitrogen functional groups attached to an aromatic ring is 1. The SMILES string of the molecule is Nc1cc(S(=O)(=O)NCC(O)C2CC2)ccc1Cl. The van der Waals surface area contributed by atoms with Crippen molar-refractivity contribution in [2.24, 2.45) is 5.92 Å². The molecule has 1 aromatic carbocycles. The van der Waals surface area contributed by atoms with Gasteiger partial charge in [0.15, 0.2) is 0 Å². The Morgan fingerprint density at radius 3 is 2.72 bits per heavy atom. The van der Waals surface area contributed by atoms with Crippen LogP contribution in [0.25, 0.3) is 0 Å². The first kappa shape index (κ1) is 13.6. The van der Waals surface area contributed by atoms with Crippen molar-refractivity contribution in [1.82, 2.24) is 4.72 Å². The summed E-state index contributed by atoms with van der Waals surface area (Å²) in [7, 11) is -3.65. The molecule has 4 N–H and O–H groups in total. The van der Waals surface area contributed by atoms with Gasteiger partial charge in [-0.3, -0.25) is 0 Å². The first-order valence-corrected chi connectivity index (χ1v) is 7.49. The zero-order chi connectivity index (χ0) is 13.3. The molecule has 0 radical (unpaired) electrons. The average Bonchev–Trinajstić information content (AvgIpc) is 3.13. The Kier molecular flexibility index (Phi) is 3.82. The summed E-state index contributed by atoms with van der Waals surface area (Å²) in [5.41, 5.74) is 5.77. The van der Waals surface area contributed by atoms with Crippen LogP contribution >= 0.6 is 11.6 Å². The average molecular weight is 291 g/mol. The molecule has 0 amide bonds. The molecule has 0 aliphatic heterocycles. The van der Waals surface area contributed by atoms with E-state index in [1.54, 1.807) is 0 Å². The lowest BCUT2D eigenvalue weighted by Gasteiger charge is -2.11. The van der Waals surface area contributed by atoms with Crippen LogP contribution < -0.4 is 10.5 Å². The number of sulfonamides is 1. The third-order valence-corrected chi connectivity index (χ3v) is 4.69. The van der Waals surface area contributed by atoms with Gasteiger partial charge in [-0.05, 0) is 37.0 Å². The fourth-order valence-corrected chi connectivity index (χ4v) is 2.82. The predicted octanol–water partition coefficient (Wildman–Crippen LogP) is 0.971. The van der Waals surface area contributed by atoms with E-state index in [4.69, 9.17) is 17.3 Å². The molecular formula is C11H15ClN2O3S. The molecule has 2 rings (SSSR count). The number of nitrogens with two attached hydrogens (primary N) is 1. The molecule has 1 atom stereocenters. The Bertz CT molecular complexity index is 543. The maximum Gasteiger partial charge on any atom is 0.240 e. The van der Waals surface area contributed by atoms with E-state index in [0.717, 1.165) is 12.8 Å². The van der Waals surface area contributed by atoms with E-state index in [0.29, 0.717) is 5.02 Å². The Labute approximate surface area is 111 Å². The second-order valence-electron chi connectivity index (χ2n) is 4.44. The Balaban J connectivity index is 2.07. The van der Waals surface area contributed by atoms with Gasteiger partial charge in [-0.1, -0.05) is 11.6 Å². The highest BCUT2D eigenvalue weighted by atomic mass is 35.5. The fourth-order valence-electron chi connectivity index (χ4n) is 1.62. The Morgan fingerprint density at radius 2 is 2.17 bits per heavy atom. The number of rotatable bonds is 5. The first-order chi connectivity index (χ1) is 8.40. The molecule has 0 aromatic heterocycles. The van der Waals surface area contributed by atoms with Gasteiger partial charge in [0.25, 0.3) is 0 Å². The van der Waals surface area contributed by atoms with Gasteiger partial charge in [-0.15, -0.1) is 0 Å². The van der Waals surface area contributed by atoms with Crippen LogP contribution in [-0.4, -0.2) is 26.2 Å². The van der Waals surface area contributed by atoms with Crippen LogP contribution in [0.1, 0.15) is 12.8 Å². The zero-order valence-corrected chi connectivity index (χ0v) is 11.2. The molecule has 0 heterocycles. The Morgan fingerprint density at radius 1 is 1.50 bits per heavy atom. The minimum absolute atomic E-state index is 0.0233. The third kappa shape index (κ3) is 3.14. The van der Waals surface area contributed by atoms with Gasteiger partial charge in [0, 0.05) is 6.54 Å². The molecule has 1 fully saturated rings. The molecule has 1 saturated carbocycles. The van der Waals surface area contributed by atoms with E-state index in [2.05, 4.69) is 4.72 Å². The number of hydrogen-bond donors (Lipinski definition) is 3. The van der Waals surface area contributed by atoms with E-state index >= 15 is 0 Å². The molecule has 0 saturated heterocycles. The summed E-state index contributed by atoms with van der Waals surface area (Å²) in [4.78, 5) is 0.0485. The van der Waals surface area contributed by atoms with E-state index in [1.807, 2.05) is 0 Å². The van der Waals surface area contributed by atoms with Gasteiger partial charge in [-0.25, -0.2) is 13.1 Å². The van der Waals surface area contributed by atoms with Crippen LogP contribution in [0.15, 0.2) is 23.1 Å². The summed E-state index contributed by atoms with van der Waals surface area (Å²) in [5, 5.41) is 9.94. The lowest BCUT2D eigenvalue weighted by molar-refractivity contribution is 0.155. The number of benzene rings is 1. The van der Waals surface area contributed by atoms with Crippen molar-refractivity contribution in [3.63, 3.8) is 0 Å². The molecule has 0 spiro atoms. The van der Waals surface area contributed by atoms with Crippen molar-refractivity contribution in [2.45, 2.75) is 23.8 Å². The van der Waals surface area contributed by atoms with E-state index in [-0.39, 0.29) is 23.0 Å². The number of aliphatic hydroxyl groups is 1. The van der Waals surface area contributed by atoms with Gasteiger partial charge in [0.05, 0.1) is 21.7 Å². The van der Waals surface area contributed by atoms with Gasteiger partial charge < -0.3 is 10.8 Å². The van der Waals surface area contributed by atoms with E-state index < -0.39 is 16.1 Å². The lowest BCUT2D eigenvalue weighted by atomic mass is 10.2. The highest BCUT2D eigenvalue weighted by Crippen LogP contribution is 2.32. The van der Waals surface area contributed by atoms with Crippen molar-refractivity contribution < 1.29 is 13.5 Å². The quantitative estimate of drug-likeness (QED) is 0.705. The zero-order valence-electron chi connectivity index (χ0n) is 9.64. The number of nitrogens with one attached hydrogen (secondary N) is 1. The van der Waals surface area contributed by atoms with Crippen molar-refractivity contribution in [3.8, 4) is 0 Å². The standard InChI is InChI=1S/C11H15ClN2O3S/c12-9-4-3-8(5-10(9)13)18(16,17)14-6-11(15)7-1-2-7/h3-5,7,11,14-15H,1-2,6,13H2. The van der Waals surface area contributed by atoms with Gasteiger partial charge in [0.1, 0.15) is 0 Å². The maximum atomic E-state index is 11.9. The van der Waals surface area contributed by atoms with Crippen molar-refractivity contribution >= 4 is 27.3 Å². The van der Waals surface area contributed by atoms with Crippen LogP contribution in [0.3, 0.4) is 0 Å². The monoisotopic (exact) mass is 290 g/mol. The highest BCUT2D eigenvalue weighted by Gasteiger charge is 2.30. The van der Waals surface area contributed by atoms with Crippen LogP contribution in [0.2, 0.25) is 5.02 Å². The fraction of sp³-hybridized carbons (Fsp3) is 0.455. The third-order valence-electron chi connectivity index (χ3n) is 2.93. The van der Waals surface area contributed by atoms with E-state index in [9.17, 15) is 13.5 Å². The van der Waals surface area contributed by atoms with E-state index in [1.165, 1.54) is 18.2 Å². The minimum atomic E-state index is -3.65. The van der Waals surface area contributed by atoms with Gasteiger partial charge in [-0.2, -0.15) is 0 Å². The molecule has 1 aliphatic rings. The minimum Gasteiger partial charge on any atom is -0.397 e. The highest BCUT2D eigenvalue weighted by molar-refractivity contribution is 7.89. The van der Waals surface area contributed by atoms with Crippen LogP contribution in [-0.2, 0) is 10.0 Å². The molecule has 1 unspecified atom stereocenters. The molecular weight excluding hydrogens is 276 g/mol. The van der Waals surface area contributed by atoms with Crippen LogP contribution in [0.5, 0.6) is 0 Å². The maximum absolute atomic E-state index is 11.9. The first-order valence-electron chi connectivity index (χ1n) is 5.63. The summed E-state index contributed by atoms with van der Waals surface area (Å²) in [6.07, 6.45) is 1.29. The molecule has 1 aromatic rings. The van der Waals surface area contributed by atoms with Crippen molar-refractivity contribution in [3.05, 3.63) is 23.2 Å². The smallest absolute Gasteiger partial charge is 0.240 e. The molecule has 7 heteroatoms.